The van der Waals surface area contributed by atoms with Gasteiger partial charge in [0.1, 0.15) is 0 Å². The molecule has 8 heteroatoms. The molecule has 3 N–H and O–H groups in total. The van der Waals surface area contributed by atoms with Crippen LogP contribution in [0.3, 0.4) is 0 Å². The van der Waals surface area contributed by atoms with E-state index in [1.165, 1.54) is 7.11 Å². The van der Waals surface area contributed by atoms with Gasteiger partial charge in [0.15, 0.2) is 0 Å². The van der Waals surface area contributed by atoms with Crippen LogP contribution in [0.5, 0.6) is 6.01 Å². The standard InChI is InChI=1S/C9H13N7O/c1-16-4-3-6(15-16)5-11-8-12-7(10)13-9(14-8)17-2/h3-4H,5H2,1-2H3,(H3,10,11,12,13,14). The van der Waals surface area contributed by atoms with E-state index in [1.54, 1.807) is 4.68 Å². The molecule has 0 aliphatic heterocycles. The van der Waals surface area contributed by atoms with E-state index in [-0.39, 0.29) is 12.0 Å². The largest absolute Gasteiger partial charge is 0.467 e. The zero-order valence-electron chi connectivity index (χ0n) is 9.58. The van der Waals surface area contributed by atoms with Crippen molar-refractivity contribution in [3.63, 3.8) is 0 Å². The molecule has 0 fully saturated rings. The van der Waals surface area contributed by atoms with Crippen LogP contribution in [0.15, 0.2) is 12.3 Å². The molecule has 2 heterocycles. The second kappa shape index (κ2) is 4.64. The zero-order valence-corrected chi connectivity index (χ0v) is 9.58. The van der Waals surface area contributed by atoms with E-state index in [0.29, 0.717) is 12.5 Å². The summed E-state index contributed by atoms with van der Waals surface area (Å²) in [5, 5.41) is 7.20. The number of nitrogens with zero attached hydrogens (tertiary/aromatic N) is 5. The molecule has 0 aliphatic carbocycles. The number of aromatic nitrogens is 5. The first kappa shape index (κ1) is 11.1. The summed E-state index contributed by atoms with van der Waals surface area (Å²) < 4.78 is 6.61. The fraction of sp³-hybridized carbons (Fsp3) is 0.333. The maximum absolute atomic E-state index is 5.51. The van der Waals surface area contributed by atoms with E-state index in [4.69, 9.17) is 10.5 Å². The fourth-order valence-electron chi connectivity index (χ4n) is 1.27. The SMILES string of the molecule is COc1nc(N)nc(NCc2ccn(C)n2)n1. The zero-order chi connectivity index (χ0) is 12.3. The molecule has 0 aliphatic rings. The van der Waals surface area contributed by atoms with Gasteiger partial charge in [-0.15, -0.1) is 0 Å². The van der Waals surface area contributed by atoms with Crippen molar-refractivity contribution in [3.8, 4) is 6.01 Å². The number of nitrogens with two attached hydrogens (primary N) is 1. The third-order valence-electron chi connectivity index (χ3n) is 2.01. The molecule has 0 spiro atoms. The lowest BCUT2D eigenvalue weighted by Crippen LogP contribution is -2.08. The van der Waals surface area contributed by atoms with Gasteiger partial charge < -0.3 is 15.8 Å². The lowest BCUT2D eigenvalue weighted by molar-refractivity contribution is 0.379. The minimum Gasteiger partial charge on any atom is -0.467 e. The average molecular weight is 235 g/mol. The van der Waals surface area contributed by atoms with Crippen LogP contribution in [0.2, 0.25) is 0 Å². The Morgan fingerprint density at radius 2 is 2.24 bits per heavy atom. The molecule has 2 aromatic rings. The van der Waals surface area contributed by atoms with Crippen molar-refractivity contribution in [2.75, 3.05) is 18.2 Å². The molecule has 0 bridgehead atoms. The van der Waals surface area contributed by atoms with Gasteiger partial charge in [-0.3, -0.25) is 4.68 Å². The van der Waals surface area contributed by atoms with E-state index < -0.39 is 0 Å². The first-order valence-electron chi connectivity index (χ1n) is 4.95. The Hall–Kier alpha value is -2.38. The predicted molar refractivity (Wildman–Crippen MR) is 61.3 cm³/mol. The smallest absolute Gasteiger partial charge is 0.322 e. The van der Waals surface area contributed by atoms with Gasteiger partial charge in [-0.1, -0.05) is 0 Å². The molecule has 2 aromatic heterocycles. The first-order chi connectivity index (χ1) is 8.17. The Bertz CT molecular complexity index is 510. The van der Waals surface area contributed by atoms with Gasteiger partial charge >= 0.3 is 6.01 Å². The lowest BCUT2D eigenvalue weighted by atomic mass is 10.4. The number of anilines is 2. The van der Waals surface area contributed by atoms with Gasteiger partial charge in [0.05, 0.1) is 19.3 Å². The highest BCUT2D eigenvalue weighted by molar-refractivity contribution is 5.32. The maximum Gasteiger partial charge on any atom is 0.322 e. The fourth-order valence-corrected chi connectivity index (χ4v) is 1.27. The van der Waals surface area contributed by atoms with Gasteiger partial charge in [-0.2, -0.15) is 20.1 Å². The summed E-state index contributed by atoms with van der Waals surface area (Å²) in [7, 11) is 3.32. The topological polar surface area (TPSA) is 104 Å². The summed E-state index contributed by atoms with van der Waals surface area (Å²) in [6.07, 6.45) is 1.86. The van der Waals surface area contributed by atoms with Crippen molar-refractivity contribution in [1.82, 2.24) is 24.7 Å². The Balaban J connectivity index is 2.05. The first-order valence-corrected chi connectivity index (χ1v) is 4.95. The Morgan fingerprint density at radius 3 is 2.88 bits per heavy atom. The number of rotatable bonds is 4. The van der Waals surface area contributed by atoms with Crippen molar-refractivity contribution in [2.45, 2.75) is 6.54 Å². The maximum atomic E-state index is 5.51. The minimum absolute atomic E-state index is 0.111. The number of hydrogen-bond donors (Lipinski definition) is 2. The highest BCUT2D eigenvalue weighted by Gasteiger charge is 2.04. The average Bonchev–Trinajstić information content (AvgIpc) is 2.72. The van der Waals surface area contributed by atoms with Crippen LogP contribution in [-0.4, -0.2) is 31.8 Å². The van der Waals surface area contributed by atoms with Gasteiger partial charge in [-0.25, -0.2) is 0 Å². The second-order valence-electron chi connectivity index (χ2n) is 3.34. The van der Waals surface area contributed by atoms with E-state index in [0.717, 1.165) is 5.69 Å². The van der Waals surface area contributed by atoms with Gasteiger partial charge in [-0.05, 0) is 6.07 Å². The van der Waals surface area contributed by atoms with E-state index >= 15 is 0 Å². The summed E-state index contributed by atoms with van der Waals surface area (Å²) in [5.41, 5.74) is 6.39. The van der Waals surface area contributed by atoms with Crippen molar-refractivity contribution in [3.05, 3.63) is 18.0 Å². The van der Waals surface area contributed by atoms with Crippen molar-refractivity contribution < 1.29 is 4.74 Å². The van der Waals surface area contributed by atoms with Gasteiger partial charge in [0, 0.05) is 13.2 Å². The second-order valence-corrected chi connectivity index (χ2v) is 3.34. The highest BCUT2D eigenvalue weighted by Crippen LogP contribution is 2.08. The number of methoxy groups -OCH3 is 1. The van der Waals surface area contributed by atoms with Crippen LogP contribution in [-0.2, 0) is 13.6 Å². The number of nitrogens with one attached hydrogen (secondary N) is 1. The third kappa shape index (κ3) is 2.80. The molecule has 0 amide bonds. The molecule has 0 aromatic carbocycles. The number of ether oxygens (including phenoxy) is 1. The van der Waals surface area contributed by atoms with Crippen LogP contribution < -0.4 is 15.8 Å². The molecule has 0 saturated heterocycles. The van der Waals surface area contributed by atoms with E-state index in [9.17, 15) is 0 Å². The minimum atomic E-state index is 0.111. The highest BCUT2D eigenvalue weighted by atomic mass is 16.5. The van der Waals surface area contributed by atoms with Gasteiger partial charge in [0.25, 0.3) is 0 Å². The Labute approximate surface area is 97.9 Å². The normalized spacial score (nSPS) is 10.2. The van der Waals surface area contributed by atoms with Crippen LogP contribution in [0.25, 0.3) is 0 Å². The van der Waals surface area contributed by atoms with Crippen molar-refractivity contribution in [1.29, 1.82) is 0 Å². The number of nitrogen functional groups attached to an aromatic ring is 1. The molecule has 0 unspecified atom stereocenters. The Morgan fingerprint density at radius 1 is 1.41 bits per heavy atom. The molecule has 2 rings (SSSR count). The predicted octanol–water partition coefficient (Wildman–Crippen LogP) is -0.192. The number of hydrogen-bond acceptors (Lipinski definition) is 7. The summed E-state index contributed by atoms with van der Waals surface area (Å²) in [5.74, 6) is 0.473. The van der Waals surface area contributed by atoms with Crippen LogP contribution in [0, 0.1) is 0 Å². The summed E-state index contributed by atoms with van der Waals surface area (Å²) >= 11 is 0. The van der Waals surface area contributed by atoms with Gasteiger partial charge in [0.2, 0.25) is 11.9 Å². The van der Waals surface area contributed by atoms with Crippen molar-refractivity contribution in [2.24, 2.45) is 7.05 Å². The van der Waals surface area contributed by atoms with Crippen LogP contribution in [0.4, 0.5) is 11.9 Å². The molecular weight excluding hydrogens is 222 g/mol. The quantitative estimate of drug-likeness (QED) is 0.756. The summed E-state index contributed by atoms with van der Waals surface area (Å²) in [6, 6.07) is 2.08. The van der Waals surface area contributed by atoms with Crippen molar-refractivity contribution >= 4 is 11.9 Å². The third-order valence-corrected chi connectivity index (χ3v) is 2.01. The molecule has 90 valence electrons. The molecule has 0 atom stereocenters. The lowest BCUT2D eigenvalue weighted by Gasteiger charge is -2.04. The van der Waals surface area contributed by atoms with Crippen LogP contribution in [0.1, 0.15) is 5.69 Å². The van der Waals surface area contributed by atoms with E-state index in [1.807, 2.05) is 19.3 Å². The molecule has 17 heavy (non-hydrogen) atoms. The monoisotopic (exact) mass is 235 g/mol. The molecule has 0 radical (unpaired) electrons. The summed E-state index contributed by atoms with van der Waals surface area (Å²) in [4.78, 5) is 11.7. The Kier molecular flexibility index (Phi) is 3.03. The van der Waals surface area contributed by atoms with E-state index in [2.05, 4.69) is 25.4 Å². The molecule has 8 nitrogen and oxygen atoms in total. The summed E-state index contributed by atoms with van der Waals surface area (Å²) in [6.45, 7) is 0.507. The molecular formula is C9H13N7O. The number of aryl methyl sites for hydroxylation is 1. The molecule has 0 saturated carbocycles. The van der Waals surface area contributed by atoms with Crippen LogP contribution >= 0.6 is 0 Å².